The summed E-state index contributed by atoms with van der Waals surface area (Å²) < 4.78 is 7.32. The van der Waals surface area contributed by atoms with Crippen LogP contribution in [0.15, 0.2) is 58.5 Å². The monoisotopic (exact) mass is 435 g/mol. The van der Waals surface area contributed by atoms with Crippen molar-refractivity contribution in [3.8, 4) is 5.75 Å². The number of hydrogen-bond donors (Lipinski definition) is 1. The Labute approximate surface area is 185 Å². The number of carbonyl (C=O) groups excluding carboxylic acids is 1. The van der Waals surface area contributed by atoms with Gasteiger partial charge in [-0.25, -0.2) is 0 Å². The van der Waals surface area contributed by atoms with Gasteiger partial charge in [0.2, 0.25) is 5.91 Å². The lowest BCUT2D eigenvalue weighted by Crippen LogP contribution is -2.33. The first kappa shape index (κ1) is 21.2. The Balaban J connectivity index is 1.66. The van der Waals surface area contributed by atoms with Crippen molar-refractivity contribution >= 4 is 23.5 Å². The summed E-state index contributed by atoms with van der Waals surface area (Å²) in [5.74, 6) is 1.54. The van der Waals surface area contributed by atoms with Gasteiger partial charge >= 0.3 is 0 Å². The number of ether oxygens (including phenoxy) is 1. The first-order chi connectivity index (χ1) is 15.0. The second kappa shape index (κ2) is 8.98. The van der Waals surface area contributed by atoms with E-state index in [-0.39, 0.29) is 23.8 Å². The SMILES string of the molecule is CCOc1ccc(C2CC(=O)Nc3c2c(=O)nc(SCc2ccc(C)cc2)n3C)cc1. The summed E-state index contributed by atoms with van der Waals surface area (Å²) in [5.41, 5.74) is 3.50. The van der Waals surface area contributed by atoms with E-state index >= 15 is 0 Å². The molecule has 1 unspecified atom stereocenters. The van der Waals surface area contributed by atoms with E-state index in [9.17, 15) is 9.59 Å². The Morgan fingerprint density at radius 3 is 2.52 bits per heavy atom. The highest BCUT2D eigenvalue weighted by Crippen LogP contribution is 2.36. The predicted octanol–water partition coefficient (Wildman–Crippen LogP) is 4.25. The van der Waals surface area contributed by atoms with Crippen LogP contribution in [0, 0.1) is 6.92 Å². The van der Waals surface area contributed by atoms with E-state index in [2.05, 4.69) is 41.5 Å². The van der Waals surface area contributed by atoms with Crippen molar-refractivity contribution in [2.75, 3.05) is 11.9 Å². The first-order valence-corrected chi connectivity index (χ1v) is 11.3. The van der Waals surface area contributed by atoms with Crippen molar-refractivity contribution < 1.29 is 9.53 Å². The number of thioether (sulfide) groups is 1. The molecular weight excluding hydrogens is 410 g/mol. The van der Waals surface area contributed by atoms with E-state index in [0.29, 0.717) is 28.9 Å². The van der Waals surface area contributed by atoms with Gasteiger partial charge in [0.1, 0.15) is 11.6 Å². The third-order valence-electron chi connectivity index (χ3n) is 5.38. The molecule has 0 bridgehead atoms. The Kier molecular flexibility index (Phi) is 6.13. The Morgan fingerprint density at radius 2 is 1.84 bits per heavy atom. The molecule has 2 aromatic carbocycles. The quantitative estimate of drug-likeness (QED) is 0.463. The Morgan fingerprint density at radius 1 is 1.13 bits per heavy atom. The summed E-state index contributed by atoms with van der Waals surface area (Å²) in [7, 11) is 1.84. The van der Waals surface area contributed by atoms with Crippen molar-refractivity contribution in [3.63, 3.8) is 0 Å². The van der Waals surface area contributed by atoms with Gasteiger partial charge in [-0.1, -0.05) is 53.7 Å². The molecule has 1 aliphatic heterocycles. The lowest BCUT2D eigenvalue weighted by Gasteiger charge is -2.27. The van der Waals surface area contributed by atoms with E-state index in [1.807, 2.05) is 42.8 Å². The standard InChI is InChI=1S/C24H25N3O3S/c1-4-30-18-11-9-17(10-12-18)19-13-20(28)25-22-21(19)23(29)26-24(27(22)3)31-14-16-7-5-15(2)6-8-16/h5-12,19H,4,13-14H2,1-3H3,(H,25,28). The molecule has 0 saturated carbocycles. The topological polar surface area (TPSA) is 73.2 Å². The van der Waals surface area contributed by atoms with Crippen LogP contribution < -0.4 is 15.6 Å². The zero-order valence-electron chi connectivity index (χ0n) is 17.8. The third kappa shape index (κ3) is 4.51. The number of anilines is 1. The van der Waals surface area contributed by atoms with Crippen molar-refractivity contribution in [2.45, 2.75) is 37.1 Å². The maximum atomic E-state index is 13.0. The van der Waals surface area contributed by atoms with E-state index in [1.165, 1.54) is 17.3 Å². The minimum atomic E-state index is -0.332. The van der Waals surface area contributed by atoms with Crippen molar-refractivity contribution in [3.05, 3.63) is 81.1 Å². The van der Waals surface area contributed by atoms with Crippen LogP contribution in [-0.2, 0) is 17.6 Å². The van der Waals surface area contributed by atoms with E-state index in [4.69, 9.17) is 4.74 Å². The van der Waals surface area contributed by atoms with Gasteiger partial charge in [0.05, 0.1) is 12.2 Å². The molecule has 0 fully saturated rings. The van der Waals surface area contributed by atoms with Gasteiger partial charge in [0.25, 0.3) is 5.56 Å². The molecule has 31 heavy (non-hydrogen) atoms. The fourth-order valence-corrected chi connectivity index (χ4v) is 4.66. The Hall–Kier alpha value is -3.06. The number of fused-ring (bicyclic) bond motifs is 1. The van der Waals surface area contributed by atoms with Gasteiger partial charge in [0, 0.05) is 25.1 Å². The number of benzene rings is 2. The molecule has 2 heterocycles. The molecular formula is C24H25N3O3S. The Bertz CT molecular complexity index is 1150. The molecule has 1 N–H and O–H groups in total. The minimum Gasteiger partial charge on any atom is -0.494 e. The van der Waals surface area contributed by atoms with E-state index < -0.39 is 0 Å². The molecule has 1 aliphatic rings. The number of nitrogens with zero attached hydrogens (tertiary/aromatic N) is 2. The lowest BCUT2D eigenvalue weighted by molar-refractivity contribution is -0.116. The molecule has 0 aliphatic carbocycles. The van der Waals surface area contributed by atoms with Gasteiger partial charge in [-0.15, -0.1) is 0 Å². The highest BCUT2D eigenvalue weighted by Gasteiger charge is 2.32. The number of aromatic nitrogens is 2. The normalized spacial score (nSPS) is 15.3. The van der Waals surface area contributed by atoms with Crippen molar-refractivity contribution in [2.24, 2.45) is 7.05 Å². The zero-order valence-corrected chi connectivity index (χ0v) is 18.7. The van der Waals surface area contributed by atoms with Gasteiger partial charge in [0.15, 0.2) is 5.16 Å². The number of carbonyl (C=O) groups is 1. The molecule has 0 radical (unpaired) electrons. The van der Waals surface area contributed by atoms with Crippen LogP contribution in [0.25, 0.3) is 0 Å². The average Bonchev–Trinajstić information content (AvgIpc) is 2.76. The minimum absolute atomic E-state index is 0.109. The van der Waals surface area contributed by atoms with Crippen LogP contribution >= 0.6 is 11.8 Å². The van der Waals surface area contributed by atoms with Gasteiger partial charge in [-0.05, 0) is 37.1 Å². The fraction of sp³-hybridized carbons (Fsp3) is 0.292. The molecule has 160 valence electrons. The maximum Gasteiger partial charge on any atom is 0.279 e. The summed E-state index contributed by atoms with van der Waals surface area (Å²) >= 11 is 1.48. The predicted molar refractivity (Wildman–Crippen MR) is 123 cm³/mol. The second-order valence-electron chi connectivity index (χ2n) is 7.60. The number of hydrogen-bond acceptors (Lipinski definition) is 5. The summed E-state index contributed by atoms with van der Waals surface area (Å²) in [6.45, 7) is 4.57. The number of aryl methyl sites for hydroxylation is 1. The third-order valence-corrected chi connectivity index (χ3v) is 6.48. The van der Waals surface area contributed by atoms with Crippen LogP contribution in [0.5, 0.6) is 5.75 Å². The number of nitrogens with one attached hydrogen (secondary N) is 1. The van der Waals surface area contributed by atoms with Crippen LogP contribution in [0.2, 0.25) is 0 Å². The molecule has 1 amide bonds. The van der Waals surface area contributed by atoms with Crippen LogP contribution in [0.4, 0.5) is 5.82 Å². The fourth-order valence-electron chi connectivity index (χ4n) is 3.74. The highest BCUT2D eigenvalue weighted by molar-refractivity contribution is 7.98. The second-order valence-corrected chi connectivity index (χ2v) is 8.54. The molecule has 1 aromatic heterocycles. The summed E-state index contributed by atoms with van der Waals surface area (Å²) in [5, 5.41) is 3.47. The highest BCUT2D eigenvalue weighted by atomic mass is 32.2. The van der Waals surface area contributed by atoms with Gasteiger partial charge in [-0.2, -0.15) is 4.98 Å². The molecule has 6 nitrogen and oxygen atoms in total. The molecule has 4 rings (SSSR count). The van der Waals surface area contributed by atoms with Crippen molar-refractivity contribution in [1.82, 2.24) is 9.55 Å². The van der Waals surface area contributed by atoms with Crippen LogP contribution in [-0.4, -0.2) is 22.1 Å². The van der Waals surface area contributed by atoms with E-state index in [0.717, 1.165) is 16.9 Å². The van der Waals surface area contributed by atoms with Crippen LogP contribution in [0.3, 0.4) is 0 Å². The smallest absolute Gasteiger partial charge is 0.279 e. The molecule has 7 heteroatoms. The van der Waals surface area contributed by atoms with Crippen molar-refractivity contribution in [1.29, 1.82) is 0 Å². The van der Waals surface area contributed by atoms with Crippen LogP contribution in [0.1, 0.15) is 41.5 Å². The first-order valence-electron chi connectivity index (χ1n) is 10.3. The lowest BCUT2D eigenvalue weighted by atomic mass is 9.87. The summed E-state index contributed by atoms with van der Waals surface area (Å²) in [6, 6.07) is 15.8. The van der Waals surface area contributed by atoms with E-state index in [1.54, 1.807) is 0 Å². The maximum absolute atomic E-state index is 13.0. The van der Waals surface area contributed by atoms with Gasteiger partial charge in [-0.3, -0.25) is 9.59 Å². The molecule has 1 atom stereocenters. The zero-order chi connectivity index (χ0) is 22.0. The summed E-state index contributed by atoms with van der Waals surface area (Å²) in [4.78, 5) is 29.9. The van der Waals surface area contributed by atoms with Gasteiger partial charge < -0.3 is 14.6 Å². The molecule has 0 saturated heterocycles. The largest absolute Gasteiger partial charge is 0.494 e. The number of rotatable bonds is 6. The molecule has 0 spiro atoms. The average molecular weight is 436 g/mol. The summed E-state index contributed by atoms with van der Waals surface area (Å²) in [6.07, 6.45) is 0.216. The molecule has 3 aromatic rings. The number of amides is 1.